The van der Waals surface area contributed by atoms with E-state index in [0.717, 1.165) is 10.4 Å². The Bertz CT molecular complexity index is 1920. The molecule has 15 heteroatoms. The van der Waals surface area contributed by atoms with Crippen LogP contribution in [0.5, 0.6) is 23.0 Å². The molecule has 2 atom stereocenters. The number of hydrogen-bond acceptors (Lipinski definition) is 10. The molecule has 0 spiro atoms. The first-order valence-corrected chi connectivity index (χ1v) is 19.3. The fourth-order valence-electron chi connectivity index (χ4n) is 6.26. The van der Waals surface area contributed by atoms with Gasteiger partial charge in [-0.3, -0.25) is 5.32 Å². The number of esters is 1. The maximum atomic E-state index is 13.5. The lowest BCUT2D eigenvalue weighted by Crippen LogP contribution is -2.67. The van der Waals surface area contributed by atoms with Crippen LogP contribution in [0.15, 0.2) is 97.1 Å². The van der Waals surface area contributed by atoms with E-state index in [1.54, 1.807) is 30.3 Å². The van der Waals surface area contributed by atoms with Crippen LogP contribution in [0.1, 0.15) is 37.9 Å². The molecule has 0 amide bonds. The zero-order valence-corrected chi connectivity index (χ0v) is 29.8. The molecule has 2 heterocycles. The summed E-state index contributed by atoms with van der Waals surface area (Å²) in [5.74, 6) is -2.66. The van der Waals surface area contributed by atoms with Gasteiger partial charge in [0.25, 0.3) is 8.32 Å². The third-order valence-corrected chi connectivity index (χ3v) is 14.6. The lowest BCUT2D eigenvalue weighted by atomic mass is 10.0. The van der Waals surface area contributed by atoms with Crippen LogP contribution in [0.2, 0.25) is 5.04 Å². The number of ether oxygens (including phenoxy) is 4. The number of alkyl halides is 3. The first-order valence-electron chi connectivity index (χ1n) is 16.0. The highest BCUT2D eigenvalue weighted by atomic mass is 32.2. The first-order chi connectivity index (χ1) is 24.2. The molecule has 51 heavy (non-hydrogen) atoms. The Morgan fingerprint density at radius 2 is 1.41 bits per heavy atom. The van der Waals surface area contributed by atoms with Gasteiger partial charge in [-0.05, 0) is 27.0 Å². The number of morpholine rings is 1. The van der Waals surface area contributed by atoms with Crippen molar-refractivity contribution in [2.24, 2.45) is 0 Å². The number of benzene rings is 4. The normalized spacial score (nSPS) is 17.9. The van der Waals surface area contributed by atoms with Crippen LogP contribution in [0, 0.1) is 0 Å². The van der Waals surface area contributed by atoms with Crippen LogP contribution in [0.4, 0.5) is 13.2 Å². The van der Waals surface area contributed by atoms with Crippen LogP contribution in [-0.2, 0) is 30.7 Å². The highest BCUT2D eigenvalue weighted by molar-refractivity contribution is 7.88. The summed E-state index contributed by atoms with van der Waals surface area (Å²) in [6.45, 7) is 5.83. The Kier molecular flexibility index (Phi) is 10.1. The van der Waals surface area contributed by atoms with Crippen LogP contribution in [0.3, 0.4) is 0 Å². The Balaban J connectivity index is 1.35. The minimum atomic E-state index is -6.15. The molecule has 1 N–H and O–H groups in total. The van der Waals surface area contributed by atoms with E-state index in [9.17, 15) is 26.4 Å². The molecule has 2 aliphatic rings. The highest BCUT2D eigenvalue weighted by Gasteiger charge is 2.52. The van der Waals surface area contributed by atoms with Gasteiger partial charge in [0.15, 0.2) is 11.5 Å². The smallest absolute Gasteiger partial charge is 0.485 e. The molecule has 0 radical (unpaired) electrons. The molecule has 1 saturated heterocycles. The Labute approximate surface area is 294 Å². The summed E-state index contributed by atoms with van der Waals surface area (Å²) in [4.78, 5) is 13.3. The lowest BCUT2D eigenvalue weighted by molar-refractivity contribution is -0.152. The van der Waals surface area contributed by atoms with Gasteiger partial charge in [0.2, 0.25) is 18.3 Å². The highest BCUT2D eigenvalue weighted by Crippen LogP contribution is 2.53. The van der Waals surface area contributed by atoms with Crippen molar-refractivity contribution in [1.29, 1.82) is 0 Å². The van der Waals surface area contributed by atoms with Crippen molar-refractivity contribution in [2.45, 2.75) is 50.0 Å². The van der Waals surface area contributed by atoms with Gasteiger partial charge in [0, 0.05) is 5.56 Å². The number of carbonyl (C=O) groups is 1. The quantitative estimate of drug-likeness (QED) is 0.0932. The molecule has 0 unspecified atom stereocenters. The number of rotatable bonds is 11. The van der Waals surface area contributed by atoms with Gasteiger partial charge < -0.3 is 27.6 Å². The predicted molar refractivity (Wildman–Crippen MR) is 183 cm³/mol. The van der Waals surface area contributed by atoms with Crippen molar-refractivity contribution in [2.75, 3.05) is 20.0 Å². The van der Waals surface area contributed by atoms with Crippen molar-refractivity contribution < 1.29 is 53.9 Å². The summed E-state index contributed by atoms with van der Waals surface area (Å²) < 4.78 is 98.8. The maximum absolute atomic E-state index is 13.5. The summed E-state index contributed by atoms with van der Waals surface area (Å²) in [5, 5.41) is 5.05. The van der Waals surface area contributed by atoms with Gasteiger partial charge in [0.05, 0.1) is 12.6 Å². The van der Waals surface area contributed by atoms with Crippen LogP contribution < -0.4 is 34.1 Å². The summed E-state index contributed by atoms with van der Waals surface area (Å²) >= 11 is 0. The summed E-state index contributed by atoms with van der Waals surface area (Å²) in [7, 11) is -9.13. The topological polar surface area (TPSA) is 119 Å². The molecule has 4 aromatic carbocycles. The van der Waals surface area contributed by atoms with E-state index in [0.29, 0.717) is 5.56 Å². The summed E-state index contributed by atoms with van der Waals surface area (Å²) in [5.41, 5.74) is -5.04. The average molecular weight is 744 g/mol. The van der Waals surface area contributed by atoms with Gasteiger partial charge in [-0.15, -0.1) is 0 Å². The van der Waals surface area contributed by atoms with Crippen molar-refractivity contribution >= 4 is 34.8 Å². The standard InChI is InChI=1S/C36H36F3NO9SSi/c1-35(2,3)51(26-15-9-5-10-16-26,27-17-11-6-12-18-27)48-22-25-21-45-34(41)30(40-25)28-19-29(44-20-24-13-7-4-8-14-24)32(33-31(28)46-23-47-33)49-50(42,43)36(37,38)39/h4-19,25,30,40H,20-23H2,1-3H3/t25-,30+/m0/s1. The van der Waals surface area contributed by atoms with Gasteiger partial charge in [0.1, 0.15) is 19.3 Å². The molecule has 1 fully saturated rings. The summed E-state index contributed by atoms with van der Waals surface area (Å²) in [6, 6.07) is 28.1. The van der Waals surface area contributed by atoms with E-state index < -0.39 is 66.0 Å². The number of fused-ring (bicyclic) bond motifs is 1. The van der Waals surface area contributed by atoms with E-state index in [-0.39, 0.29) is 36.2 Å². The Morgan fingerprint density at radius 3 is 1.98 bits per heavy atom. The maximum Gasteiger partial charge on any atom is 0.534 e. The Hall–Kier alpha value is -4.57. The lowest BCUT2D eigenvalue weighted by Gasteiger charge is -2.44. The second-order valence-corrected chi connectivity index (χ2v) is 18.9. The minimum Gasteiger partial charge on any atom is -0.485 e. The number of cyclic esters (lactones) is 1. The fourth-order valence-corrected chi connectivity index (χ4v) is 11.3. The molecule has 270 valence electrons. The summed E-state index contributed by atoms with van der Waals surface area (Å²) in [6.07, 6.45) is 0. The largest absolute Gasteiger partial charge is 0.534 e. The molecule has 0 aliphatic carbocycles. The van der Waals surface area contributed by atoms with Crippen LogP contribution >= 0.6 is 0 Å². The average Bonchev–Trinajstić information content (AvgIpc) is 3.60. The second kappa shape index (κ2) is 14.2. The molecule has 2 aliphatic heterocycles. The zero-order valence-electron chi connectivity index (χ0n) is 27.9. The molecular weight excluding hydrogens is 708 g/mol. The van der Waals surface area contributed by atoms with Gasteiger partial charge >= 0.3 is 21.6 Å². The molecule has 6 rings (SSSR count). The first kappa shape index (κ1) is 36.2. The van der Waals surface area contributed by atoms with E-state index in [2.05, 4.69) is 54.5 Å². The SMILES string of the molecule is CC(C)(C)[Si](OC[C@@H]1COC(=O)[C@@H](c2cc(OCc3ccccc3)c(OS(=O)(=O)C(F)(F)F)c3c2OCO3)N1)(c1ccccc1)c1ccccc1. The van der Waals surface area contributed by atoms with Gasteiger partial charge in [-0.25, -0.2) is 4.79 Å². The number of carbonyl (C=O) groups excluding carboxylic acids is 1. The minimum absolute atomic E-state index is 0.0323. The third-order valence-electron chi connectivity index (χ3n) is 8.60. The van der Waals surface area contributed by atoms with Crippen LogP contribution in [0.25, 0.3) is 0 Å². The van der Waals surface area contributed by atoms with Crippen molar-refractivity contribution in [3.05, 3.63) is 108 Å². The monoisotopic (exact) mass is 743 g/mol. The zero-order chi connectivity index (χ0) is 36.4. The van der Waals surface area contributed by atoms with Gasteiger partial charge in [-0.1, -0.05) is 112 Å². The molecule has 0 aromatic heterocycles. The van der Waals surface area contributed by atoms with Gasteiger partial charge in [-0.2, -0.15) is 21.6 Å². The molecule has 4 aromatic rings. The van der Waals surface area contributed by atoms with E-state index >= 15 is 0 Å². The second-order valence-electron chi connectivity index (χ2n) is 13.0. The van der Waals surface area contributed by atoms with Crippen molar-refractivity contribution in [3.63, 3.8) is 0 Å². The molecule has 0 saturated carbocycles. The molecule has 10 nitrogen and oxygen atoms in total. The predicted octanol–water partition coefficient (Wildman–Crippen LogP) is 5.36. The molecular formula is C36H36F3NO9SSi. The van der Waals surface area contributed by atoms with Crippen molar-refractivity contribution in [1.82, 2.24) is 5.32 Å². The Morgan fingerprint density at radius 1 is 0.843 bits per heavy atom. The fraction of sp³-hybridized carbons (Fsp3) is 0.306. The van der Waals surface area contributed by atoms with Crippen molar-refractivity contribution in [3.8, 4) is 23.0 Å². The number of halogens is 3. The molecule has 0 bridgehead atoms. The van der Waals surface area contributed by atoms with E-state index in [1.807, 2.05) is 36.4 Å². The van der Waals surface area contributed by atoms with E-state index in [1.165, 1.54) is 6.07 Å². The van der Waals surface area contributed by atoms with Crippen LogP contribution in [-0.4, -0.2) is 54.3 Å². The number of hydrogen-bond donors (Lipinski definition) is 1. The van der Waals surface area contributed by atoms with E-state index in [4.69, 9.17) is 23.4 Å². The number of nitrogens with one attached hydrogen (secondary N) is 1. The third kappa shape index (κ3) is 7.29.